The highest BCUT2D eigenvalue weighted by molar-refractivity contribution is 5.77. The van der Waals surface area contributed by atoms with E-state index in [0.29, 0.717) is 19.3 Å². The number of rotatable bonds is 45. The molecule has 3 N–H and O–H groups in total. The van der Waals surface area contributed by atoms with Gasteiger partial charge >= 0.3 is 5.97 Å². The fourth-order valence-corrected chi connectivity index (χ4v) is 7.63. The maximum Gasteiger partial charge on any atom is 0.306 e. The maximum absolute atomic E-state index is 13.1. The van der Waals surface area contributed by atoms with E-state index in [-0.39, 0.29) is 24.9 Å². The summed E-state index contributed by atoms with van der Waals surface area (Å²) >= 11 is 0. The van der Waals surface area contributed by atoms with E-state index < -0.39 is 18.2 Å². The summed E-state index contributed by atoms with van der Waals surface area (Å²) in [6, 6.07) is -0.738. The lowest BCUT2D eigenvalue weighted by atomic mass is 10.0. The number of esters is 1. The van der Waals surface area contributed by atoms with Gasteiger partial charge in [-0.1, -0.05) is 268 Å². The molecular weight excluding hydrogens is 743 g/mol. The monoisotopic (exact) mass is 840 g/mol. The molecule has 348 valence electrons. The zero-order valence-corrected chi connectivity index (χ0v) is 39.6. The van der Waals surface area contributed by atoms with Crippen LogP contribution in [0.2, 0.25) is 0 Å². The first-order valence-corrected chi connectivity index (χ1v) is 25.6. The van der Waals surface area contributed by atoms with E-state index in [2.05, 4.69) is 32.2 Å². The van der Waals surface area contributed by atoms with E-state index >= 15 is 0 Å². The van der Waals surface area contributed by atoms with Gasteiger partial charge in [-0.25, -0.2) is 0 Å². The molecule has 3 atom stereocenters. The van der Waals surface area contributed by atoms with Gasteiger partial charge in [0.05, 0.1) is 25.2 Å². The van der Waals surface area contributed by atoms with Gasteiger partial charge in [-0.3, -0.25) is 9.59 Å². The minimum absolute atomic E-state index is 0.0171. The number of amides is 1. The lowest BCUT2D eigenvalue weighted by Gasteiger charge is -2.24. The van der Waals surface area contributed by atoms with E-state index in [9.17, 15) is 19.8 Å². The van der Waals surface area contributed by atoms with Gasteiger partial charge in [0.25, 0.3) is 0 Å². The molecule has 0 aromatic heterocycles. The summed E-state index contributed by atoms with van der Waals surface area (Å²) in [7, 11) is 0. The summed E-state index contributed by atoms with van der Waals surface area (Å²) in [6.07, 6.45) is 58.8. The third-order valence-electron chi connectivity index (χ3n) is 11.5. The van der Waals surface area contributed by atoms with Gasteiger partial charge in [0.2, 0.25) is 5.91 Å². The lowest BCUT2D eigenvalue weighted by Crippen LogP contribution is -2.46. The number of unbranched alkanes of at least 4 members (excludes halogenated alkanes) is 28. The molecular formula is C54H97NO5. The molecule has 3 unspecified atom stereocenters. The molecule has 6 nitrogen and oxygen atoms in total. The van der Waals surface area contributed by atoms with Crippen LogP contribution < -0.4 is 5.32 Å². The number of nitrogens with one attached hydrogen (secondary N) is 1. The van der Waals surface area contributed by atoms with Crippen LogP contribution in [0.1, 0.15) is 245 Å². The number of hydrogen-bond donors (Lipinski definition) is 3. The Balaban J connectivity index is 4.60. The minimum atomic E-state index is -0.817. The predicted octanol–water partition coefficient (Wildman–Crippen LogP) is 15.2. The molecule has 60 heavy (non-hydrogen) atoms. The van der Waals surface area contributed by atoms with Gasteiger partial charge in [0, 0.05) is 12.8 Å². The Morgan fingerprint density at radius 2 is 0.867 bits per heavy atom. The first-order valence-electron chi connectivity index (χ1n) is 25.6. The summed E-state index contributed by atoms with van der Waals surface area (Å²) in [6.45, 7) is 6.31. The quantitative estimate of drug-likeness (QED) is 0.0322. The molecule has 0 bridgehead atoms. The molecule has 0 saturated heterocycles. The average Bonchev–Trinajstić information content (AvgIpc) is 3.24. The van der Waals surface area contributed by atoms with Gasteiger partial charge in [0.15, 0.2) is 0 Å². The van der Waals surface area contributed by atoms with Crippen molar-refractivity contribution in [3.8, 4) is 0 Å². The highest BCUT2D eigenvalue weighted by Crippen LogP contribution is 2.17. The molecule has 0 fully saturated rings. The SMILES string of the molecule is CC/C=C/C=C/C=C\C=C/C=C/CC(CC(=O)NC(CO)C(O)CCCCCCCCCCCCCCC)OC(=O)CCCCCCCCCCCCCCCCCCC. The average molecular weight is 840 g/mol. The minimum Gasteiger partial charge on any atom is -0.461 e. The van der Waals surface area contributed by atoms with Crippen LogP contribution in [-0.4, -0.2) is 46.9 Å². The number of carbonyl (C=O) groups excluding carboxylic acids is 2. The third-order valence-corrected chi connectivity index (χ3v) is 11.5. The molecule has 0 spiro atoms. The molecule has 6 heteroatoms. The summed E-state index contributed by atoms with van der Waals surface area (Å²) < 4.78 is 5.84. The van der Waals surface area contributed by atoms with Crippen molar-refractivity contribution < 1.29 is 24.5 Å². The molecule has 0 aliphatic rings. The molecule has 0 aromatic rings. The van der Waals surface area contributed by atoms with Crippen molar-refractivity contribution in [2.24, 2.45) is 0 Å². The number of carbonyl (C=O) groups is 2. The standard InChI is InChI=1S/C54H97NO5/c1-4-7-10-13-16-19-22-24-25-26-27-29-32-35-38-41-44-47-54(59)60-50(45-42-39-36-33-30-21-18-15-12-9-6-3)48-53(58)55-51(49-56)52(57)46-43-40-37-34-31-28-23-20-17-14-11-8-5-2/h9,12,15,18,21,30,33,36,39,42,50-52,56-57H,4-8,10-11,13-14,16-17,19-20,22-29,31-32,34-35,37-38,40-41,43-49H2,1-3H3,(H,55,58)/b12-9+,18-15+,30-21-,36-33-,42-39+. The number of ether oxygens (including phenoxy) is 1. The summed E-state index contributed by atoms with van der Waals surface area (Å²) in [5.41, 5.74) is 0. The van der Waals surface area contributed by atoms with Crippen LogP contribution in [0.5, 0.6) is 0 Å². The summed E-state index contributed by atoms with van der Waals surface area (Å²) in [4.78, 5) is 26.0. The summed E-state index contributed by atoms with van der Waals surface area (Å²) in [5, 5.41) is 23.7. The van der Waals surface area contributed by atoms with E-state index in [1.807, 2.05) is 54.7 Å². The predicted molar refractivity (Wildman–Crippen MR) is 259 cm³/mol. The van der Waals surface area contributed by atoms with Crippen LogP contribution in [0.15, 0.2) is 60.8 Å². The van der Waals surface area contributed by atoms with Crippen molar-refractivity contribution in [3.63, 3.8) is 0 Å². The van der Waals surface area contributed by atoms with Gasteiger partial charge in [-0.05, 0) is 19.3 Å². The molecule has 0 aromatic carbocycles. The molecule has 0 heterocycles. The highest BCUT2D eigenvalue weighted by Gasteiger charge is 2.23. The van der Waals surface area contributed by atoms with Crippen LogP contribution in [-0.2, 0) is 14.3 Å². The van der Waals surface area contributed by atoms with Crippen molar-refractivity contribution in [2.45, 2.75) is 264 Å². The Bertz CT molecular complexity index is 1080. The van der Waals surface area contributed by atoms with Gasteiger partial charge in [0.1, 0.15) is 6.10 Å². The Morgan fingerprint density at radius 3 is 1.27 bits per heavy atom. The Morgan fingerprint density at radius 1 is 0.500 bits per heavy atom. The largest absolute Gasteiger partial charge is 0.461 e. The van der Waals surface area contributed by atoms with Crippen LogP contribution >= 0.6 is 0 Å². The van der Waals surface area contributed by atoms with E-state index in [1.165, 1.54) is 154 Å². The van der Waals surface area contributed by atoms with Crippen LogP contribution in [0.4, 0.5) is 0 Å². The fraction of sp³-hybridized carbons (Fsp3) is 0.778. The van der Waals surface area contributed by atoms with Gasteiger partial charge in [-0.2, -0.15) is 0 Å². The number of aliphatic hydroxyl groups is 2. The number of hydrogen-bond acceptors (Lipinski definition) is 5. The van der Waals surface area contributed by atoms with Crippen LogP contribution in [0.3, 0.4) is 0 Å². The molecule has 0 aliphatic carbocycles. The first-order chi connectivity index (χ1) is 29.5. The summed E-state index contributed by atoms with van der Waals surface area (Å²) in [5.74, 6) is -0.601. The molecule has 1 amide bonds. The Kier molecular flexibility index (Phi) is 45.7. The fourth-order valence-electron chi connectivity index (χ4n) is 7.63. The second-order valence-corrected chi connectivity index (χ2v) is 17.3. The molecule has 0 aliphatic heterocycles. The van der Waals surface area contributed by atoms with Gasteiger partial charge < -0.3 is 20.3 Å². The normalized spacial score (nSPS) is 13.8. The van der Waals surface area contributed by atoms with Crippen molar-refractivity contribution in [2.75, 3.05) is 6.61 Å². The molecule has 0 rings (SSSR count). The first kappa shape index (κ1) is 57.6. The second kappa shape index (κ2) is 47.6. The topological polar surface area (TPSA) is 95.9 Å². The Hall–Kier alpha value is -2.44. The number of allylic oxidation sites excluding steroid dienone is 9. The maximum atomic E-state index is 13.1. The molecule has 0 saturated carbocycles. The zero-order valence-electron chi connectivity index (χ0n) is 39.6. The smallest absolute Gasteiger partial charge is 0.306 e. The van der Waals surface area contributed by atoms with E-state index in [4.69, 9.17) is 4.74 Å². The van der Waals surface area contributed by atoms with E-state index in [0.717, 1.165) is 44.9 Å². The second-order valence-electron chi connectivity index (χ2n) is 17.3. The van der Waals surface area contributed by atoms with E-state index in [1.54, 1.807) is 0 Å². The lowest BCUT2D eigenvalue weighted by molar-refractivity contribution is -0.150. The Labute approximate surface area is 371 Å². The zero-order chi connectivity index (χ0) is 43.8. The highest BCUT2D eigenvalue weighted by atomic mass is 16.5. The van der Waals surface area contributed by atoms with Crippen molar-refractivity contribution >= 4 is 11.9 Å². The molecule has 0 radical (unpaired) electrons. The van der Waals surface area contributed by atoms with Crippen LogP contribution in [0, 0.1) is 0 Å². The van der Waals surface area contributed by atoms with Crippen LogP contribution in [0.25, 0.3) is 0 Å². The third kappa shape index (κ3) is 42.3. The van der Waals surface area contributed by atoms with Crippen molar-refractivity contribution in [1.29, 1.82) is 0 Å². The van der Waals surface area contributed by atoms with Crippen molar-refractivity contribution in [3.05, 3.63) is 60.8 Å². The van der Waals surface area contributed by atoms with Gasteiger partial charge in [-0.15, -0.1) is 0 Å². The number of aliphatic hydroxyl groups excluding tert-OH is 2. The van der Waals surface area contributed by atoms with Crippen molar-refractivity contribution in [1.82, 2.24) is 5.32 Å².